The van der Waals surface area contributed by atoms with Gasteiger partial charge in [-0.25, -0.2) is 4.79 Å². The van der Waals surface area contributed by atoms with Gasteiger partial charge in [-0.15, -0.1) is 0 Å². The standard InChI is InChI=1S/C17H19ClN2O4/c1-11-13(17(22)23-3)8-12(24-11)9-20(2)10-16(21)19-15-7-5-4-6-14(15)18/h4-8H,9-10H2,1-3H3,(H,19,21)/p+1. The average molecular weight is 352 g/mol. The van der Waals surface area contributed by atoms with Crippen LogP contribution in [-0.4, -0.2) is 32.6 Å². The third-order valence-corrected chi connectivity index (χ3v) is 3.79. The quantitative estimate of drug-likeness (QED) is 0.777. The van der Waals surface area contributed by atoms with Crippen LogP contribution in [0.15, 0.2) is 34.7 Å². The van der Waals surface area contributed by atoms with Crippen molar-refractivity contribution in [2.24, 2.45) is 0 Å². The van der Waals surface area contributed by atoms with Crippen LogP contribution in [0.4, 0.5) is 5.69 Å². The molecule has 0 radical (unpaired) electrons. The number of furan rings is 1. The first-order valence-electron chi connectivity index (χ1n) is 7.44. The van der Waals surface area contributed by atoms with Gasteiger partial charge < -0.3 is 19.4 Å². The van der Waals surface area contributed by atoms with Gasteiger partial charge in [0, 0.05) is 6.07 Å². The number of quaternary nitrogens is 1. The molecule has 2 N–H and O–H groups in total. The van der Waals surface area contributed by atoms with E-state index >= 15 is 0 Å². The second-order valence-corrected chi connectivity index (χ2v) is 5.92. The molecule has 1 amide bonds. The molecule has 1 atom stereocenters. The van der Waals surface area contributed by atoms with Crippen LogP contribution < -0.4 is 10.2 Å². The van der Waals surface area contributed by atoms with Gasteiger partial charge in [0.25, 0.3) is 5.91 Å². The van der Waals surface area contributed by atoms with Crippen LogP contribution in [0.1, 0.15) is 21.9 Å². The van der Waals surface area contributed by atoms with E-state index in [4.69, 9.17) is 20.8 Å². The average Bonchev–Trinajstić information content (AvgIpc) is 2.89. The SMILES string of the molecule is COC(=O)c1cc(C[NH+](C)CC(=O)Nc2ccccc2Cl)oc1C. The number of anilines is 1. The number of carbonyl (C=O) groups excluding carboxylic acids is 2. The number of hydrogen-bond acceptors (Lipinski definition) is 4. The normalized spacial score (nSPS) is 11.8. The number of amides is 1. The zero-order valence-corrected chi connectivity index (χ0v) is 14.6. The van der Waals surface area contributed by atoms with Crippen LogP contribution in [0.25, 0.3) is 0 Å². The summed E-state index contributed by atoms with van der Waals surface area (Å²) in [7, 11) is 3.19. The Bertz CT molecular complexity index is 742. The number of ether oxygens (including phenoxy) is 1. The molecule has 2 rings (SSSR count). The second kappa shape index (κ2) is 7.99. The Morgan fingerprint density at radius 2 is 2.04 bits per heavy atom. The molecule has 0 aliphatic heterocycles. The summed E-state index contributed by atoms with van der Waals surface area (Å²) >= 11 is 6.02. The number of carbonyl (C=O) groups is 2. The molecule has 0 aliphatic rings. The Hall–Kier alpha value is -2.31. The summed E-state index contributed by atoms with van der Waals surface area (Å²) in [6.45, 7) is 2.40. The highest BCUT2D eigenvalue weighted by atomic mass is 35.5. The monoisotopic (exact) mass is 351 g/mol. The van der Waals surface area contributed by atoms with Gasteiger partial charge in [-0.1, -0.05) is 23.7 Å². The minimum absolute atomic E-state index is 0.155. The van der Waals surface area contributed by atoms with E-state index in [1.54, 1.807) is 37.3 Å². The molecule has 128 valence electrons. The van der Waals surface area contributed by atoms with Gasteiger partial charge in [-0.3, -0.25) is 4.79 Å². The van der Waals surface area contributed by atoms with Gasteiger partial charge >= 0.3 is 5.97 Å². The lowest BCUT2D eigenvalue weighted by molar-refractivity contribution is -0.886. The molecule has 1 aromatic carbocycles. The van der Waals surface area contributed by atoms with Crippen LogP contribution in [0.2, 0.25) is 5.02 Å². The number of nitrogens with one attached hydrogen (secondary N) is 2. The van der Waals surface area contributed by atoms with Gasteiger partial charge in [0.2, 0.25) is 0 Å². The molecular formula is C17H20ClN2O4+. The molecule has 6 nitrogen and oxygen atoms in total. The van der Waals surface area contributed by atoms with Crippen LogP contribution in [0, 0.1) is 6.92 Å². The summed E-state index contributed by atoms with van der Waals surface area (Å²) in [6.07, 6.45) is 0. The first kappa shape index (κ1) is 18.0. The summed E-state index contributed by atoms with van der Waals surface area (Å²) in [6, 6.07) is 8.71. The summed E-state index contributed by atoms with van der Waals surface area (Å²) < 4.78 is 10.2. The van der Waals surface area contributed by atoms with E-state index in [1.807, 2.05) is 7.05 Å². The fraction of sp³-hybridized carbons (Fsp3) is 0.294. The maximum Gasteiger partial charge on any atom is 0.341 e. The van der Waals surface area contributed by atoms with Crippen molar-refractivity contribution in [1.29, 1.82) is 0 Å². The van der Waals surface area contributed by atoms with Crippen LogP contribution in [0.3, 0.4) is 0 Å². The van der Waals surface area contributed by atoms with E-state index in [-0.39, 0.29) is 12.5 Å². The first-order valence-corrected chi connectivity index (χ1v) is 7.81. The Balaban J connectivity index is 1.93. The highest BCUT2D eigenvalue weighted by Crippen LogP contribution is 2.20. The minimum Gasteiger partial charge on any atom is -0.465 e. The van der Waals surface area contributed by atoms with E-state index in [0.29, 0.717) is 34.3 Å². The Labute approximate surface area is 145 Å². The molecule has 0 fully saturated rings. The Kier molecular flexibility index (Phi) is 6.00. The van der Waals surface area contributed by atoms with E-state index < -0.39 is 5.97 Å². The van der Waals surface area contributed by atoms with E-state index in [0.717, 1.165) is 4.90 Å². The summed E-state index contributed by atoms with van der Waals surface area (Å²) in [5.41, 5.74) is 0.986. The van der Waals surface area contributed by atoms with E-state index in [9.17, 15) is 9.59 Å². The van der Waals surface area contributed by atoms with Crippen molar-refractivity contribution in [2.75, 3.05) is 26.0 Å². The predicted molar refractivity (Wildman–Crippen MR) is 90.3 cm³/mol. The van der Waals surface area contributed by atoms with Crippen LogP contribution >= 0.6 is 11.6 Å². The van der Waals surface area contributed by atoms with Crippen LogP contribution in [-0.2, 0) is 16.1 Å². The molecule has 0 spiro atoms. The molecule has 1 heterocycles. The van der Waals surface area contributed by atoms with Crippen molar-refractivity contribution < 1.29 is 23.6 Å². The summed E-state index contributed by atoms with van der Waals surface area (Å²) in [4.78, 5) is 24.6. The molecule has 1 unspecified atom stereocenters. The number of halogens is 1. The maximum atomic E-state index is 12.1. The lowest BCUT2D eigenvalue weighted by atomic mass is 10.2. The predicted octanol–water partition coefficient (Wildman–Crippen LogP) is 1.68. The molecular weight excluding hydrogens is 332 g/mol. The molecule has 0 saturated heterocycles. The summed E-state index contributed by atoms with van der Waals surface area (Å²) in [5, 5.41) is 3.27. The Morgan fingerprint density at radius 3 is 2.71 bits per heavy atom. The fourth-order valence-electron chi connectivity index (χ4n) is 2.33. The highest BCUT2D eigenvalue weighted by molar-refractivity contribution is 6.33. The van der Waals surface area contributed by atoms with Crippen LogP contribution in [0.5, 0.6) is 0 Å². The van der Waals surface area contributed by atoms with Crippen molar-refractivity contribution >= 4 is 29.2 Å². The first-order chi connectivity index (χ1) is 11.4. The van der Waals surface area contributed by atoms with E-state index in [1.165, 1.54) is 7.11 Å². The van der Waals surface area contributed by atoms with Crippen molar-refractivity contribution in [3.8, 4) is 0 Å². The van der Waals surface area contributed by atoms with Gasteiger partial charge in [0.05, 0.1) is 24.9 Å². The smallest absolute Gasteiger partial charge is 0.341 e. The lowest BCUT2D eigenvalue weighted by Gasteiger charge is -2.13. The number of benzene rings is 1. The topological polar surface area (TPSA) is 73.0 Å². The number of aryl methyl sites for hydroxylation is 1. The minimum atomic E-state index is -0.434. The van der Waals surface area contributed by atoms with Gasteiger partial charge in [-0.2, -0.15) is 0 Å². The largest absolute Gasteiger partial charge is 0.465 e. The molecule has 0 saturated carbocycles. The molecule has 2 aromatic rings. The zero-order valence-electron chi connectivity index (χ0n) is 13.8. The number of rotatable bonds is 6. The Morgan fingerprint density at radius 1 is 1.33 bits per heavy atom. The number of esters is 1. The molecule has 24 heavy (non-hydrogen) atoms. The van der Waals surface area contributed by atoms with Crippen molar-refractivity contribution in [1.82, 2.24) is 0 Å². The highest BCUT2D eigenvalue weighted by Gasteiger charge is 2.19. The second-order valence-electron chi connectivity index (χ2n) is 5.51. The van der Waals surface area contributed by atoms with Crippen molar-refractivity contribution in [3.05, 3.63) is 52.4 Å². The summed E-state index contributed by atoms with van der Waals surface area (Å²) in [5.74, 6) is 0.537. The molecule has 7 heteroatoms. The van der Waals surface area contributed by atoms with Crippen molar-refractivity contribution in [3.63, 3.8) is 0 Å². The van der Waals surface area contributed by atoms with E-state index in [2.05, 4.69) is 5.32 Å². The number of hydrogen-bond donors (Lipinski definition) is 2. The number of para-hydroxylation sites is 1. The number of likely N-dealkylation sites (N-methyl/N-ethyl adjacent to an activating group) is 1. The maximum absolute atomic E-state index is 12.1. The van der Waals surface area contributed by atoms with Gasteiger partial charge in [0.1, 0.15) is 17.9 Å². The molecule has 0 aliphatic carbocycles. The zero-order chi connectivity index (χ0) is 17.7. The fourth-order valence-corrected chi connectivity index (χ4v) is 2.52. The van der Waals surface area contributed by atoms with Gasteiger partial charge in [0.15, 0.2) is 12.3 Å². The lowest BCUT2D eigenvalue weighted by Crippen LogP contribution is -3.08. The third kappa shape index (κ3) is 4.59. The molecule has 0 bridgehead atoms. The van der Waals surface area contributed by atoms with Crippen molar-refractivity contribution in [2.45, 2.75) is 13.5 Å². The molecule has 1 aromatic heterocycles. The number of methoxy groups -OCH3 is 1. The van der Waals surface area contributed by atoms with Gasteiger partial charge in [-0.05, 0) is 19.1 Å². The third-order valence-electron chi connectivity index (χ3n) is 3.46.